The molecule has 0 bridgehead atoms. The molecule has 0 unspecified atom stereocenters. The Hall–Kier alpha value is -1.95. The Labute approximate surface area is 92.4 Å². The van der Waals surface area contributed by atoms with E-state index in [2.05, 4.69) is 11.9 Å². The number of nitro groups is 1. The molecule has 6 nitrogen and oxygen atoms in total. The van der Waals surface area contributed by atoms with Gasteiger partial charge in [-0.05, 0) is 12.6 Å². The van der Waals surface area contributed by atoms with E-state index in [9.17, 15) is 14.9 Å². The van der Waals surface area contributed by atoms with Gasteiger partial charge in [0.15, 0.2) is 0 Å². The lowest BCUT2D eigenvalue weighted by molar-refractivity contribution is -0.386. The SMILES string of the molecule is C=C(CNC)Cn1ccc(=O)c([N+](=O)[O-])c1. The van der Waals surface area contributed by atoms with Crippen LogP contribution in [0.25, 0.3) is 0 Å². The van der Waals surface area contributed by atoms with E-state index in [0.717, 1.165) is 5.57 Å². The van der Waals surface area contributed by atoms with Crippen molar-refractivity contribution in [2.75, 3.05) is 13.6 Å². The van der Waals surface area contributed by atoms with Crippen molar-refractivity contribution >= 4 is 5.69 Å². The molecule has 86 valence electrons. The first kappa shape index (κ1) is 12.1. The van der Waals surface area contributed by atoms with Crippen LogP contribution in [0.4, 0.5) is 5.69 Å². The molecule has 1 N–H and O–H groups in total. The quantitative estimate of drug-likeness (QED) is 0.449. The first-order chi connectivity index (χ1) is 7.54. The van der Waals surface area contributed by atoms with Gasteiger partial charge in [0, 0.05) is 25.4 Å². The van der Waals surface area contributed by atoms with Crippen molar-refractivity contribution in [2.24, 2.45) is 0 Å². The van der Waals surface area contributed by atoms with Crippen LogP contribution in [0.5, 0.6) is 0 Å². The fourth-order valence-corrected chi connectivity index (χ4v) is 1.31. The standard InChI is InChI=1S/C10H13N3O3/c1-8(5-11-2)6-12-4-3-10(14)9(7-12)13(15)16/h3-4,7,11H,1,5-6H2,2H3. The molecule has 0 spiro atoms. The van der Waals surface area contributed by atoms with Crippen LogP contribution in [0.2, 0.25) is 0 Å². The summed E-state index contributed by atoms with van der Waals surface area (Å²) in [5.41, 5.74) is -0.124. The lowest BCUT2D eigenvalue weighted by Crippen LogP contribution is -2.16. The maximum Gasteiger partial charge on any atom is 0.332 e. The van der Waals surface area contributed by atoms with Crippen molar-refractivity contribution in [1.29, 1.82) is 0 Å². The molecular weight excluding hydrogens is 210 g/mol. The topological polar surface area (TPSA) is 77.2 Å². The minimum Gasteiger partial charge on any atom is -0.344 e. The average Bonchev–Trinajstić information content (AvgIpc) is 2.21. The van der Waals surface area contributed by atoms with Crippen LogP contribution in [0.3, 0.4) is 0 Å². The smallest absolute Gasteiger partial charge is 0.332 e. The summed E-state index contributed by atoms with van der Waals surface area (Å²) < 4.78 is 1.57. The number of hydrogen-bond acceptors (Lipinski definition) is 4. The van der Waals surface area contributed by atoms with Gasteiger partial charge in [0.05, 0.1) is 11.1 Å². The van der Waals surface area contributed by atoms with E-state index < -0.39 is 16.0 Å². The first-order valence-electron chi connectivity index (χ1n) is 4.70. The Kier molecular flexibility index (Phi) is 3.96. The molecule has 0 aromatic carbocycles. The molecule has 1 heterocycles. The van der Waals surface area contributed by atoms with Crippen molar-refractivity contribution in [2.45, 2.75) is 6.54 Å². The molecule has 0 amide bonds. The van der Waals surface area contributed by atoms with Crippen LogP contribution in [0, 0.1) is 10.1 Å². The second-order valence-corrected chi connectivity index (χ2v) is 3.40. The van der Waals surface area contributed by atoms with E-state index in [-0.39, 0.29) is 0 Å². The van der Waals surface area contributed by atoms with Crippen LogP contribution >= 0.6 is 0 Å². The summed E-state index contributed by atoms with van der Waals surface area (Å²) in [4.78, 5) is 21.0. The van der Waals surface area contributed by atoms with E-state index in [1.807, 2.05) is 0 Å². The number of nitrogens with zero attached hydrogens (tertiary/aromatic N) is 2. The predicted molar refractivity (Wildman–Crippen MR) is 60.4 cm³/mol. The largest absolute Gasteiger partial charge is 0.344 e. The zero-order valence-corrected chi connectivity index (χ0v) is 8.97. The Morgan fingerprint density at radius 3 is 2.94 bits per heavy atom. The Bertz CT molecular complexity index is 465. The molecule has 0 atom stereocenters. The van der Waals surface area contributed by atoms with Crippen molar-refractivity contribution < 1.29 is 4.92 Å². The van der Waals surface area contributed by atoms with Gasteiger partial charge >= 0.3 is 5.69 Å². The monoisotopic (exact) mass is 223 g/mol. The number of pyridine rings is 1. The van der Waals surface area contributed by atoms with Gasteiger partial charge < -0.3 is 9.88 Å². The van der Waals surface area contributed by atoms with Crippen LogP contribution in [0.15, 0.2) is 35.4 Å². The van der Waals surface area contributed by atoms with Gasteiger partial charge in [-0.25, -0.2) is 0 Å². The van der Waals surface area contributed by atoms with Crippen molar-refractivity contribution in [3.8, 4) is 0 Å². The highest BCUT2D eigenvalue weighted by Crippen LogP contribution is 2.04. The number of aromatic nitrogens is 1. The first-order valence-corrected chi connectivity index (χ1v) is 4.70. The third-order valence-electron chi connectivity index (χ3n) is 1.99. The summed E-state index contributed by atoms with van der Waals surface area (Å²) in [6, 6.07) is 1.19. The minimum absolute atomic E-state index is 0.417. The van der Waals surface area contributed by atoms with E-state index in [4.69, 9.17) is 0 Å². The fraction of sp³-hybridized carbons (Fsp3) is 0.300. The van der Waals surface area contributed by atoms with Crippen LogP contribution in [0.1, 0.15) is 0 Å². The molecule has 0 radical (unpaired) electrons. The molecule has 1 aromatic heterocycles. The highest BCUT2D eigenvalue weighted by molar-refractivity contribution is 5.25. The summed E-state index contributed by atoms with van der Waals surface area (Å²) in [6.45, 7) is 4.88. The van der Waals surface area contributed by atoms with Gasteiger partial charge in [0.1, 0.15) is 0 Å². The summed E-state index contributed by atoms with van der Waals surface area (Å²) >= 11 is 0. The number of hydrogen-bond donors (Lipinski definition) is 1. The molecule has 6 heteroatoms. The molecule has 16 heavy (non-hydrogen) atoms. The third kappa shape index (κ3) is 3.03. The predicted octanol–water partition coefficient (Wildman–Crippen LogP) is 0.532. The van der Waals surface area contributed by atoms with Gasteiger partial charge in [-0.1, -0.05) is 6.58 Å². The lowest BCUT2D eigenvalue weighted by Gasteiger charge is -2.08. The molecule has 1 rings (SSSR count). The van der Waals surface area contributed by atoms with Gasteiger partial charge in [-0.15, -0.1) is 0 Å². The van der Waals surface area contributed by atoms with Crippen LogP contribution in [-0.2, 0) is 6.54 Å². The second kappa shape index (κ2) is 5.22. The van der Waals surface area contributed by atoms with Gasteiger partial charge in [0.25, 0.3) is 5.43 Å². The van der Waals surface area contributed by atoms with Crippen LogP contribution < -0.4 is 10.7 Å². The Balaban J connectivity index is 2.91. The molecule has 0 aliphatic rings. The number of likely N-dealkylation sites (N-methyl/N-ethyl adjacent to an activating group) is 1. The molecule has 0 saturated heterocycles. The maximum atomic E-state index is 11.1. The molecule has 1 aromatic rings. The zero-order chi connectivity index (χ0) is 12.1. The van der Waals surface area contributed by atoms with Crippen molar-refractivity contribution in [3.63, 3.8) is 0 Å². The van der Waals surface area contributed by atoms with E-state index in [1.54, 1.807) is 11.6 Å². The van der Waals surface area contributed by atoms with E-state index in [1.165, 1.54) is 18.5 Å². The number of rotatable bonds is 5. The number of nitrogens with one attached hydrogen (secondary N) is 1. The normalized spacial score (nSPS) is 10.1. The lowest BCUT2D eigenvalue weighted by atomic mass is 10.3. The average molecular weight is 223 g/mol. The maximum absolute atomic E-state index is 11.1. The Morgan fingerprint density at radius 1 is 1.69 bits per heavy atom. The van der Waals surface area contributed by atoms with Crippen molar-refractivity contribution in [3.05, 3.63) is 50.9 Å². The van der Waals surface area contributed by atoms with E-state index in [0.29, 0.717) is 13.1 Å². The van der Waals surface area contributed by atoms with Gasteiger partial charge in [-0.3, -0.25) is 14.9 Å². The third-order valence-corrected chi connectivity index (χ3v) is 1.99. The highest BCUT2D eigenvalue weighted by Gasteiger charge is 2.11. The molecular formula is C10H13N3O3. The molecule has 0 aliphatic heterocycles. The van der Waals surface area contributed by atoms with Gasteiger partial charge in [-0.2, -0.15) is 0 Å². The fourth-order valence-electron chi connectivity index (χ4n) is 1.31. The highest BCUT2D eigenvalue weighted by atomic mass is 16.6. The van der Waals surface area contributed by atoms with Gasteiger partial charge in [0.2, 0.25) is 0 Å². The summed E-state index contributed by atoms with van der Waals surface area (Å²) in [6.07, 6.45) is 2.74. The van der Waals surface area contributed by atoms with Crippen molar-refractivity contribution in [1.82, 2.24) is 9.88 Å². The summed E-state index contributed by atoms with van der Waals surface area (Å²) in [7, 11) is 1.79. The minimum atomic E-state index is -0.681. The van der Waals surface area contributed by atoms with Crippen LogP contribution in [-0.4, -0.2) is 23.1 Å². The second-order valence-electron chi connectivity index (χ2n) is 3.40. The summed E-state index contributed by atoms with van der Waals surface area (Å²) in [5.74, 6) is 0. The van der Waals surface area contributed by atoms with E-state index >= 15 is 0 Å². The molecule has 0 saturated carbocycles. The Morgan fingerprint density at radius 2 is 2.38 bits per heavy atom. The molecule has 0 fully saturated rings. The summed E-state index contributed by atoms with van der Waals surface area (Å²) in [5, 5.41) is 13.5. The zero-order valence-electron chi connectivity index (χ0n) is 8.97. The molecule has 0 aliphatic carbocycles.